The zero-order valence-corrected chi connectivity index (χ0v) is 43.6. The van der Waals surface area contributed by atoms with Gasteiger partial charge in [0.05, 0.1) is 0 Å². The van der Waals surface area contributed by atoms with Gasteiger partial charge in [-0.05, 0) is 17.7 Å². The molecule has 0 saturated heterocycles. The van der Waals surface area contributed by atoms with Crippen molar-refractivity contribution in [2.24, 2.45) is 0 Å². The van der Waals surface area contributed by atoms with E-state index in [-0.39, 0.29) is 257 Å². The predicted molar refractivity (Wildman–Crippen MR) is 116 cm³/mol. The van der Waals surface area contributed by atoms with Crippen LogP contribution in [0.2, 0.25) is 0 Å². The summed E-state index contributed by atoms with van der Waals surface area (Å²) in [7, 11) is -28.1. The standard InChI is InChI=1S/C15H14O21S5.5K/c16-37(17,18)32-8-4-11-9(12(5-8)34-39(22,23)24)6-14(36-41(28,29)30)15(31-11)7-1-2-10(33-38(19,20)21)13(3-7)35-40(25,26)27;;;;;/h1-5,14-15H,6H2,(H,16,17,18)(H,19,20,21)(H,22,23,24)(H,25,26,27)(H,28,29,30);;;;;/q;5*+1/p-5. The van der Waals surface area contributed by atoms with E-state index in [2.05, 4.69) is 20.9 Å². The molecule has 2 unspecified atom stereocenters. The normalized spacial score (nSPS) is 16.1. The molecular formula is C15H9K5O21S5. The van der Waals surface area contributed by atoms with Crippen molar-refractivity contribution in [1.82, 2.24) is 0 Å². The molecule has 2 atom stereocenters. The Morgan fingerprint density at radius 2 is 1.02 bits per heavy atom. The first-order valence-electron chi connectivity index (χ1n) is 9.60. The first-order valence-corrected chi connectivity index (χ1v) is 16.3. The van der Waals surface area contributed by atoms with Gasteiger partial charge in [0.15, 0.2) is 23.4 Å². The Bertz CT molecular complexity index is 1920. The maximum atomic E-state index is 11.4. The topological polar surface area (TPSA) is 341 Å². The first-order chi connectivity index (χ1) is 18.4. The average Bonchev–Trinajstić information content (AvgIpc) is 2.69. The molecule has 1 heterocycles. The van der Waals surface area contributed by atoms with E-state index in [1.807, 2.05) is 0 Å². The maximum absolute atomic E-state index is 11.4. The van der Waals surface area contributed by atoms with Gasteiger partial charge in [0, 0.05) is 24.1 Å². The predicted octanol–water partition coefficient (Wildman–Crippen LogP) is -17.4. The largest absolute Gasteiger partial charge is 1.00 e. The second-order valence-electron chi connectivity index (χ2n) is 7.36. The fourth-order valence-electron chi connectivity index (χ4n) is 3.35. The Morgan fingerprint density at radius 1 is 0.565 bits per heavy atom. The number of ether oxygens (including phenoxy) is 1. The molecular weight excluding hydrogens is 872 g/mol. The molecule has 0 fully saturated rings. The molecule has 230 valence electrons. The molecule has 0 aromatic heterocycles. The molecule has 0 amide bonds. The van der Waals surface area contributed by atoms with Crippen LogP contribution in [0.25, 0.3) is 0 Å². The van der Waals surface area contributed by atoms with E-state index < -0.39 is 110 Å². The molecule has 0 spiro atoms. The SMILES string of the molecule is O=S(=O)([O-])Oc1cc2c(c(OS(=O)(=O)[O-])c1)CC(OS(=O)(=O)[O-])C(c1ccc(OS(=O)(=O)[O-])c(OS(=O)(=O)[O-])c1)O2.[K+].[K+].[K+].[K+].[K+]. The summed E-state index contributed by atoms with van der Waals surface area (Å²) in [4.78, 5) is 0. The quantitative estimate of drug-likeness (QED) is 0.115. The van der Waals surface area contributed by atoms with Gasteiger partial charge in [0.25, 0.3) is 41.6 Å². The fraction of sp³-hybridized carbons (Fsp3) is 0.200. The molecule has 0 radical (unpaired) electrons. The zero-order valence-electron chi connectivity index (χ0n) is 23.9. The van der Waals surface area contributed by atoms with Crippen molar-refractivity contribution in [2.45, 2.75) is 18.6 Å². The van der Waals surface area contributed by atoms with Crippen LogP contribution in [0.3, 0.4) is 0 Å². The van der Waals surface area contributed by atoms with Gasteiger partial charge in [-0.25, -0.2) is 42.1 Å². The van der Waals surface area contributed by atoms with Crippen LogP contribution < -0.4 is 278 Å². The molecule has 1 aliphatic rings. The van der Waals surface area contributed by atoms with Crippen LogP contribution in [0.5, 0.6) is 28.7 Å². The third kappa shape index (κ3) is 20.2. The van der Waals surface area contributed by atoms with Gasteiger partial charge < -0.3 is 44.2 Å². The van der Waals surface area contributed by atoms with Crippen molar-refractivity contribution in [3.63, 3.8) is 0 Å². The van der Waals surface area contributed by atoms with E-state index in [1.165, 1.54) is 0 Å². The summed E-state index contributed by atoms with van der Waals surface area (Å²) in [6.45, 7) is 0. The summed E-state index contributed by atoms with van der Waals surface area (Å²) in [6.07, 6.45) is -4.92. The van der Waals surface area contributed by atoms with Gasteiger partial charge in [-0.3, -0.25) is 4.18 Å². The Balaban J connectivity index is -0.00000370. The molecule has 0 saturated carbocycles. The van der Waals surface area contributed by atoms with Crippen molar-refractivity contribution in [3.05, 3.63) is 41.5 Å². The molecule has 2 aromatic carbocycles. The second-order valence-corrected chi connectivity index (χ2v) is 12.3. The molecule has 3 rings (SSSR count). The van der Waals surface area contributed by atoms with Crippen LogP contribution in [0, 0.1) is 0 Å². The molecule has 46 heavy (non-hydrogen) atoms. The molecule has 0 N–H and O–H groups in total. The molecule has 0 bridgehead atoms. The molecule has 1 aliphatic heterocycles. The minimum absolute atomic E-state index is 0. The van der Waals surface area contributed by atoms with Crippen LogP contribution >= 0.6 is 0 Å². The number of hydrogen-bond donors (Lipinski definition) is 0. The number of fused-ring (bicyclic) bond motifs is 1. The van der Waals surface area contributed by atoms with E-state index in [4.69, 9.17) is 4.74 Å². The number of rotatable bonds is 11. The van der Waals surface area contributed by atoms with Gasteiger partial charge in [-0.15, -0.1) is 0 Å². The van der Waals surface area contributed by atoms with Gasteiger partial charge in [0.2, 0.25) is 10.4 Å². The Morgan fingerprint density at radius 3 is 1.48 bits per heavy atom. The minimum atomic E-state index is -5.69. The van der Waals surface area contributed by atoms with Crippen molar-refractivity contribution in [3.8, 4) is 28.7 Å². The first kappa shape index (κ1) is 55.5. The van der Waals surface area contributed by atoms with E-state index in [0.717, 1.165) is 6.07 Å². The van der Waals surface area contributed by atoms with E-state index in [0.29, 0.717) is 24.3 Å². The van der Waals surface area contributed by atoms with E-state index in [1.54, 1.807) is 0 Å². The molecule has 0 aliphatic carbocycles. The zero-order chi connectivity index (χ0) is 31.2. The van der Waals surface area contributed by atoms with Crippen LogP contribution in [0.4, 0.5) is 0 Å². The Kier molecular flexibility index (Phi) is 26.6. The summed E-state index contributed by atoms with van der Waals surface area (Å²) in [6, 6.07) is 2.74. The third-order valence-corrected chi connectivity index (χ3v) is 6.48. The van der Waals surface area contributed by atoms with Crippen molar-refractivity contribution < 1.29 is 347 Å². The van der Waals surface area contributed by atoms with Crippen LogP contribution in [-0.2, 0) is 62.6 Å². The monoisotopic (exact) mass is 880 g/mol. The van der Waals surface area contributed by atoms with Crippen LogP contribution in [0.15, 0.2) is 30.3 Å². The maximum Gasteiger partial charge on any atom is 1.00 e. The van der Waals surface area contributed by atoms with Crippen molar-refractivity contribution in [2.75, 3.05) is 0 Å². The average molecular weight is 881 g/mol. The van der Waals surface area contributed by atoms with Gasteiger partial charge in [-0.1, -0.05) is 6.07 Å². The smallest absolute Gasteiger partial charge is 0.726 e. The number of hydrogen-bond acceptors (Lipinski definition) is 21. The van der Waals surface area contributed by atoms with Crippen LogP contribution in [-0.4, -0.2) is 71.0 Å². The summed E-state index contributed by atoms with van der Waals surface area (Å²) < 4.78 is 193. The third-order valence-electron chi connectivity index (χ3n) is 4.45. The van der Waals surface area contributed by atoms with Crippen LogP contribution in [0.1, 0.15) is 17.2 Å². The van der Waals surface area contributed by atoms with Gasteiger partial charge in [0.1, 0.15) is 17.6 Å². The fourth-order valence-corrected chi connectivity index (χ4v) is 5.23. The molecule has 31 heteroatoms. The molecule has 21 nitrogen and oxygen atoms in total. The number of benzene rings is 2. The minimum Gasteiger partial charge on any atom is -0.726 e. The van der Waals surface area contributed by atoms with Crippen molar-refractivity contribution >= 4 is 52.0 Å². The van der Waals surface area contributed by atoms with Gasteiger partial charge >= 0.3 is 257 Å². The summed E-state index contributed by atoms with van der Waals surface area (Å²) >= 11 is 0. The van der Waals surface area contributed by atoms with Crippen molar-refractivity contribution in [1.29, 1.82) is 0 Å². The summed E-state index contributed by atoms with van der Waals surface area (Å²) in [5.41, 5.74) is -1.08. The molecule has 2 aromatic rings. The van der Waals surface area contributed by atoms with Gasteiger partial charge in [-0.2, -0.15) is 0 Å². The summed E-state index contributed by atoms with van der Waals surface area (Å²) in [5, 5.41) is 0. The van der Waals surface area contributed by atoms with E-state index in [9.17, 15) is 64.9 Å². The second kappa shape index (κ2) is 22.0. The Hall–Kier alpha value is 5.13. The summed E-state index contributed by atoms with van der Waals surface area (Å²) in [5.74, 6) is -5.21. The van der Waals surface area contributed by atoms with E-state index >= 15 is 0 Å². The Labute approximate surface area is 475 Å².